The minimum atomic E-state index is -0.854. The Bertz CT molecular complexity index is 399. The second-order valence-corrected chi connectivity index (χ2v) is 6.53. The van der Waals surface area contributed by atoms with Crippen molar-refractivity contribution < 1.29 is 9.90 Å². The first-order chi connectivity index (χ1) is 8.30. The van der Waals surface area contributed by atoms with Gasteiger partial charge in [0.1, 0.15) is 0 Å². The topological polar surface area (TPSA) is 49.3 Å². The van der Waals surface area contributed by atoms with E-state index in [-0.39, 0.29) is 12.5 Å². The maximum atomic E-state index is 11.9. The number of aliphatic hydroxyl groups is 1. The SMILES string of the molecule is CC(C)CC(C)(O)CNC(=O)c1ccc(I)cc1. The lowest BCUT2D eigenvalue weighted by atomic mass is 9.94. The number of nitrogens with one attached hydrogen (secondary N) is 1. The van der Waals surface area contributed by atoms with Gasteiger partial charge < -0.3 is 10.4 Å². The van der Waals surface area contributed by atoms with Crippen LogP contribution in [-0.2, 0) is 0 Å². The van der Waals surface area contributed by atoms with E-state index in [1.54, 1.807) is 19.1 Å². The van der Waals surface area contributed by atoms with Crippen molar-refractivity contribution in [2.45, 2.75) is 32.8 Å². The van der Waals surface area contributed by atoms with E-state index in [9.17, 15) is 9.90 Å². The molecular weight excluding hydrogens is 341 g/mol. The van der Waals surface area contributed by atoms with Gasteiger partial charge in [0.05, 0.1) is 5.60 Å². The van der Waals surface area contributed by atoms with E-state index in [1.165, 1.54) is 0 Å². The summed E-state index contributed by atoms with van der Waals surface area (Å²) in [6.07, 6.45) is 0.667. The largest absolute Gasteiger partial charge is 0.388 e. The Kier molecular flexibility index (Phi) is 5.59. The first-order valence-electron chi connectivity index (χ1n) is 6.06. The van der Waals surface area contributed by atoms with Crippen LogP contribution in [0.4, 0.5) is 0 Å². The average molecular weight is 361 g/mol. The summed E-state index contributed by atoms with van der Waals surface area (Å²) in [5.41, 5.74) is -0.233. The van der Waals surface area contributed by atoms with Crippen LogP contribution >= 0.6 is 22.6 Å². The predicted molar refractivity (Wildman–Crippen MR) is 81.6 cm³/mol. The first kappa shape index (κ1) is 15.4. The highest BCUT2D eigenvalue weighted by molar-refractivity contribution is 14.1. The summed E-state index contributed by atoms with van der Waals surface area (Å²) in [5, 5.41) is 12.9. The van der Waals surface area contributed by atoms with E-state index in [0.717, 1.165) is 3.57 Å². The number of carbonyl (C=O) groups excluding carboxylic acids is 1. The van der Waals surface area contributed by atoms with Gasteiger partial charge in [-0.2, -0.15) is 0 Å². The van der Waals surface area contributed by atoms with Crippen LogP contribution in [0.5, 0.6) is 0 Å². The highest BCUT2D eigenvalue weighted by Gasteiger charge is 2.22. The van der Waals surface area contributed by atoms with Crippen molar-refractivity contribution in [3.63, 3.8) is 0 Å². The number of amides is 1. The molecule has 0 saturated carbocycles. The number of carbonyl (C=O) groups is 1. The molecule has 0 spiro atoms. The molecule has 1 aromatic rings. The van der Waals surface area contributed by atoms with Crippen molar-refractivity contribution in [3.8, 4) is 0 Å². The normalized spacial score (nSPS) is 14.3. The lowest BCUT2D eigenvalue weighted by Gasteiger charge is -2.25. The average Bonchev–Trinajstić information content (AvgIpc) is 2.25. The van der Waals surface area contributed by atoms with Gasteiger partial charge in [0, 0.05) is 15.7 Å². The summed E-state index contributed by atoms with van der Waals surface area (Å²) in [6, 6.07) is 7.35. The third-order valence-corrected chi connectivity index (χ3v) is 3.30. The standard InChI is InChI=1S/C14H20INO2/c1-10(2)8-14(3,18)9-16-13(17)11-4-6-12(15)7-5-11/h4-7,10,18H,8-9H2,1-3H3,(H,16,17). The van der Waals surface area contributed by atoms with Gasteiger partial charge in [0.2, 0.25) is 0 Å². The minimum Gasteiger partial charge on any atom is -0.388 e. The summed E-state index contributed by atoms with van der Waals surface area (Å²) in [7, 11) is 0. The van der Waals surface area contributed by atoms with Crippen molar-refractivity contribution in [2.24, 2.45) is 5.92 Å². The molecule has 0 radical (unpaired) electrons. The molecule has 0 fully saturated rings. The van der Waals surface area contributed by atoms with Crippen molar-refractivity contribution in [1.82, 2.24) is 5.32 Å². The quantitative estimate of drug-likeness (QED) is 0.793. The number of hydrogen-bond donors (Lipinski definition) is 2. The summed E-state index contributed by atoms with van der Waals surface area (Å²) in [5.74, 6) is 0.255. The van der Waals surface area contributed by atoms with E-state index in [1.807, 2.05) is 12.1 Å². The Morgan fingerprint density at radius 1 is 1.39 bits per heavy atom. The van der Waals surface area contributed by atoms with Crippen LogP contribution in [0.1, 0.15) is 37.6 Å². The molecule has 1 amide bonds. The van der Waals surface area contributed by atoms with Crippen LogP contribution in [-0.4, -0.2) is 23.2 Å². The second-order valence-electron chi connectivity index (χ2n) is 5.28. The molecule has 0 bridgehead atoms. The number of benzene rings is 1. The van der Waals surface area contributed by atoms with Crippen LogP contribution in [0.3, 0.4) is 0 Å². The minimum absolute atomic E-state index is 0.143. The number of rotatable bonds is 5. The van der Waals surface area contributed by atoms with Gasteiger partial charge in [-0.05, 0) is 66.1 Å². The fourth-order valence-electron chi connectivity index (χ4n) is 1.93. The predicted octanol–water partition coefficient (Wildman–Crippen LogP) is 2.82. The maximum absolute atomic E-state index is 11.9. The van der Waals surface area contributed by atoms with Gasteiger partial charge in [-0.3, -0.25) is 4.79 Å². The summed E-state index contributed by atoms with van der Waals surface area (Å²) < 4.78 is 1.09. The zero-order valence-electron chi connectivity index (χ0n) is 11.0. The summed E-state index contributed by atoms with van der Waals surface area (Å²) in [6.45, 7) is 6.13. The smallest absolute Gasteiger partial charge is 0.251 e. The van der Waals surface area contributed by atoms with Crippen LogP contribution in [0.25, 0.3) is 0 Å². The molecule has 1 rings (SSSR count). The fourth-order valence-corrected chi connectivity index (χ4v) is 2.29. The summed E-state index contributed by atoms with van der Waals surface area (Å²) >= 11 is 2.20. The van der Waals surface area contributed by atoms with E-state index >= 15 is 0 Å². The molecule has 2 N–H and O–H groups in total. The van der Waals surface area contributed by atoms with E-state index in [2.05, 4.69) is 41.8 Å². The van der Waals surface area contributed by atoms with Gasteiger partial charge in [-0.1, -0.05) is 13.8 Å². The van der Waals surface area contributed by atoms with E-state index < -0.39 is 5.60 Å². The Labute approximate surface area is 122 Å². The van der Waals surface area contributed by atoms with Crippen molar-refractivity contribution >= 4 is 28.5 Å². The third-order valence-electron chi connectivity index (χ3n) is 2.58. The Morgan fingerprint density at radius 3 is 2.44 bits per heavy atom. The highest BCUT2D eigenvalue weighted by atomic mass is 127. The van der Waals surface area contributed by atoms with Crippen LogP contribution in [0.2, 0.25) is 0 Å². The summed E-state index contributed by atoms with van der Waals surface area (Å²) in [4.78, 5) is 11.9. The zero-order valence-corrected chi connectivity index (χ0v) is 13.2. The molecule has 3 nitrogen and oxygen atoms in total. The monoisotopic (exact) mass is 361 g/mol. The Morgan fingerprint density at radius 2 is 1.94 bits per heavy atom. The van der Waals surface area contributed by atoms with Gasteiger partial charge >= 0.3 is 0 Å². The van der Waals surface area contributed by atoms with Crippen molar-refractivity contribution in [1.29, 1.82) is 0 Å². The Balaban J connectivity index is 2.53. The highest BCUT2D eigenvalue weighted by Crippen LogP contribution is 2.15. The Hall–Kier alpha value is -0.620. The molecule has 1 atom stereocenters. The molecule has 1 unspecified atom stereocenters. The van der Waals surface area contributed by atoms with E-state index in [4.69, 9.17) is 0 Å². The van der Waals surface area contributed by atoms with Crippen molar-refractivity contribution in [3.05, 3.63) is 33.4 Å². The van der Waals surface area contributed by atoms with Crippen LogP contribution in [0, 0.1) is 9.49 Å². The van der Waals surface area contributed by atoms with Gasteiger partial charge in [0.25, 0.3) is 5.91 Å². The van der Waals surface area contributed by atoms with Gasteiger partial charge in [-0.15, -0.1) is 0 Å². The third kappa shape index (κ3) is 5.35. The van der Waals surface area contributed by atoms with Gasteiger partial charge in [-0.25, -0.2) is 0 Å². The molecule has 18 heavy (non-hydrogen) atoms. The molecule has 0 saturated heterocycles. The molecule has 1 aromatic carbocycles. The van der Waals surface area contributed by atoms with Crippen LogP contribution < -0.4 is 5.32 Å². The molecule has 0 aliphatic heterocycles. The molecule has 0 aliphatic carbocycles. The lowest BCUT2D eigenvalue weighted by Crippen LogP contribution is -2.41. The number of hydrogen-bond acceptors (Lipinski definition) is 2. The van der Waals surface area contributed by atoms with Crippen molar-refractivity contribution in [2.75, 3.05) is 6.54 Å². The molecule has 0 aliphatic rings. The molecule has 0 heterocycles. The van der Waals surface area contributed by atoms with Gasteiger partial charge in [0.15, 0.2) is 0 Å². The molecule has 100 valence electrons. The second kappa shape index (κ2) is 6.52. The molecule has 4 heteroatoms. The first-order valence-corrected chi connectivity index (χ1v) is 7.14. The lowest BCUT2D eigenvalue weighted by molar-refractivity contribution is 0.0368. The van der Waals surface area contributed by atoms with E-state index in [0.29, 0.717) is 17.9 Å². The number of halogens is 1. The molecule has 0 aromatic heterocycles. The van der Waals surface area contributed by atoms with Crippen LogP contribution in [0.15, 0.2) is 24.3 Å². The fraction of sp³-hybridized carbons (Fsp3) is 0.500. The molecular formula is C14H20INO2. The zero-order chi connectivity index (χ0) is 13.8. The maximum Gasteiger partial charge on any atom is 0.251 e.